The second kappa shape index (κ2) is 13.2. The van der Waals surface area contributed by atoms with Gasteiger partial charge in [0, 0.05) is 26.7 Å². The van der Waals surface area contributed by atoms with Crippen LogP contribution in [0.1, 0.15) is 28.1 Å². The molecule has 7 nitrogen and oxygen atoms in total. The largest absolute Gasteiger partial charge is 0.467 e. The highest BCUT2D eigenvalue weighted by molar-refractivity contribution is 14.0. The number of carbonyl (C=O) groups is 1. The van der Waals surface area contributed by atoms with E-state index in [-0.39, 0.29) is 29.9 Å². The molecule has 0 aliphatic carbocycles. The second-order valence-electron chi connectivity index (χ2n) is 5.53. The van der Waals surface area contributed by atoms with Crippen LogP contribution in [0, 0.1) is 0 Å². The van der Waals surface area contributed by atoms with Crippen LogP contribution in [0.5, 0.6) is 0 Å². The van der Waals surface area contributed by atoms with E-state index in [0.717, 1.165) is 24.3 Å². The number of ether oxygens (including phenoxy) is 2. The molecule has 0 aliphatic heterocycles. The maximum absolute atomic E-state index is 11.4. The minimum absolute atomic E-state index is 0. The molecule has 0 radical (unpaired) electrons. The quantitative estimate of drug-likeness (QED) is 0.186. The number of guanidine groups is 1. The fraction of sp³-hybridized carbons (Fsp3) is 0.368. The Bertz CT molecular complexity index is 687. The van der Waals surface area contributed by atoms with E-state index in [9.17, 15) is 4.79 Å². The zero-order chi connectivity index (χ0) is 18.6. The number of methoxy groups -OCH3 is 1. The Labute approximate surface area is 176 Å². The third kappa shape index (κ3) is 8.44. The first-order valence-electron chi connectivity index (χ1n) is 8.45. The molecule has 0 fully saturated rings. The normalized spacial score (nSPS) is 10.8. The van der Waals surface area contributed by atoms with Crippen molar-refractivity contribution in [1.82, 2.24) is 10.6 Å². The number of hydrogen-bond acceptors (Lipinski definition) is 5. The van der Waals surface area contributed by atoms with Gasteiger partial charge in [0.05, 0.1) is 18.9 Å². The van der Waals surface area contributed by atoms with Gasteiger partial charge in [-0.1, -0.05) is 12.1 Å². The molecule has 0 atom stereocenters. The second-order valence-corrected chi connectivity index (χ2v) is 5.53. The molecule has 27 heavy (non-hydrogen) atoms. The Morgan fingerprint density at radius 3 is 2.59 bits per heavy atom. The first kappa shape index (κ1) is 23.0. The summed E-state index contributed by atoms with van der Waals surface area (Å²) in [5.41, 5.74) is 1.58. The van der Waals surface area contributed by atoms with Crippen molar-refractivity contribution in [2.75, 3.05) is 27.3 Å². The molecule has 2 aromatic rings. The first-order valence-corrected chi connectivity index (χ1v) is 8.45. The molecule has 2 N–H and O–H groups in total. The lowest BCUT2D eigenvalue weighted by Crippen LogP contribution is -2.37. The topological polar surface area (TPSA) is 85.1 Å². The highest BCUT2D eigenvalue weighted by Crippen LogP contribution is 2.05. The molecular formula is C19H26IN3O4. The van der Waals surface area contributed by atoms with Gasteiger partial charge in [0.2, 0.25) is 0 Å². The molecular weight excluding hydrogens is 461 g/mol. The van der Waals surface area contributed by atoms with Crippen molar-refractivity contribution in [3.05, 3.63) is 59.5 Å². The minimum atomic E-state index is -0.337. The molecule has 0 bridgehead atoms. The summed E-state index contributed by atoms with van der Waals surface area (Å²) in [6.45, 7) is 2.48. The summed E-state index contributed by atoms with van der Waals surface area (Å²) in [6.07, 6.45) is 2.49. The van der Waals surface area contributed by atoms with Crippen molar-refractivity contribution in [3.8, 4) is 0 Å². The number of nitrogens with one attached hydrogen (secondary N) is 2. The van der Waals surface area contributed by atoms with E-state index >= 15 is 0 Å². The predicted molar refractivity (Wildman–Crippen MR) is 114 cm³/mol. The Morgan fingerprint density at radius 1 is 1.19 bits per heavy atom. The third-order valence-corrected chi connectivity index (χ3v) is 3.64. The van der Waals surface area contributed by atoms with Gasteiger partial charge >= 0.3 is 5.97 Å². The van der Waals surface area contributed by atoms with Crippen LogP contribution in [0.15, 0.2) is 52.1 Å². The highest BCUT2D eigenvalue weighted by atomic mass is 127. The molecule has 148 valence electrons. The Hall–Kier alpha value is -2.07. The predicted octanol–water partition coefficient (Wildman–Crippen LogP) is 2.96. The molecule has 0 spiro atoms. The number of esters is 1. The molecule has 1 aromatic heterocycles. The van der Waals surface area contributed by atoms with Gasteiger partial charge in [-0.3, -0.25) is 4.99 Å². The zero-order valence-electron chi connectivity index (χ0n) is 15.6. The maximum atomic E-state index is 11.4. The van der Waals surface area contributed by atoms with E-state index in [2.05, 4.69) is 20.4 Å². The van der Waals surface area contributed by atoms with Crippen LogP contribution in [0.2, 0.25) is 0 Å². The van der Waals surface area contributed by atoms with Crippen LogP contribution in [-0.4, -0.2) is 39.2 Å². The third-order valence-electron chi connectivity index (χ3n) is 3.64. The zero-order valence-corrected chi connectivity index (χ0v) is 17.9. The lowest BCUT2D eigenvalue weighted by Gasteiger charge is -2.12. The summed E-state index contributed by atoms with van der Waals surface area (Å²) in [6, 6.07) is 11.0. The lowest BCUT2D eigenvalue weighted by atomic mass is 10.1. The van der Waals surface area contributed by atoms with Crippen molar-refractivity contribution in [2.24, 2.45) is 4.99 Å². The molecule has 0 aliphatic rings. The Kier molecular flexibility index (Phi) is 11.2. The van der Waals surface area contributed by atoms with Gasteiger partial charge in [-0.2, -0.15) is 0 Å². The Morgan fingerprint density at radius 2 is 1.96 bits per heavy atom. The van der Waals surface area contributed by atoms with Gasteiger partial charge in [0.1, 0.15) is 12.4 Å². The summed E-state index contributed by atoms with van der Waals surface area (Å²) in [5, 5.41) is 6.46. The number of rotatable bonds is 9. The van der Waals surface area contributed by atoms with Crippen LogP contribution in [-0.2, 0) is 22.6 Å². The number of benzene rings is 1. The molecule has 0 saturated heterocycles. The Balaban J connectivity index is 0.00000364. The van der Waals surface area contributed by atoms with Crippen molar-refractivity contribution in [3.63, 3.8) is 0 Å². The first-order chi connectivity index (χ1) is 12.7. The summed E-state index contributed by atoms with van der Waals surface area (Å²) in [5.74, 6) is 1.21. The van der Waals surface area contributed by atoms with Gasteiger partial charge in [0.15, 0.2) is 5.96 Å². The number of furan rings is 1. The van der Waals surface area contributed by atoms with Gasteiger partial charge < -0.3 is 24.5 Å². The van der Waals surface area contributed by atoms with E-state index in [1.165, 1.54) is 7.11 Å². The fourth-order valence-electron chi connectivity index (χ4n) is 2.23. The summed E-state index contributed by atoms with van der Waals surface area (Å²) >= 11 is 0. The number of hydrogen-bond donors (Lipinski definition) is 2. The van der Waals surface area contributed by atoms with Gasteiger partial charge in [-0.05, 0) is 36.2 Å². The highest BCUT2D eigenvalue weighted by Gasteiger charge is 2.04. The van der Waals surface area contributed by atoms with Gasteiger partial charge in [-0.25, -0.2) is 4.79 Å². The smallest absolute Gasteiger partial charge is 0.337 e. The molecule has 8 heteroatoms. The maximum Gasteiger partial charge on any atom is 0.337 e. The van der Waals surface area contributed by atoms with Crippen LogP contribution in [0.4, 0.5) is 0 Å². The summed E-state index contributed by atoms with van der Waals surface area (Å²) < 4.78 is 15.4. The molecule has 0 amide bonds. The van der Waals surface area contributed by atoms with Gasteiger partial charge in [-0.15, -0.1) is 24.0 Å². The fourth-order valence-corrected chi connectivity index (χ4v) is 2.23. The van der Waals surface area contributed by atoms with Crippen LogP contribution < -0.4 is 10.6 Å². The monoisotopic (exact) mass is 487 g/mol. The van der Waals surface area contributed by atoms with E-state index < -0.39 is 0 Å². The van der Waals surface area contributed by atoms with E-state index in [1.807, 2.05) is 24.3 Å². The van der Waals surface area contributed by atoms with Crippen molar-refractivity contribution < 1.29 is 18.7 Å². The molecule has 1 heterocycles. The van der Waals surface area contributed by atoms with Crippen molar-refractivity contribution >= 4 is 35.9 Å². The number of aliphatic imine (C=N–C) groups is 1. The summed E-state index contributed by atoms with van der Waals surface area (Å²) in [7, 11) is 3.10. The number of nitrogens with zero attached hydrogens (tertiary/aromatic N) is 1. The SMILES string of the molecule is CN=C(NCCCOCc1ccco1)NCc1ccc(C(=O)OC)cc1.I. The molecule has 1 aromatic carbocycles. The molecule has 0 saturated carbocycles. The van der Waals surface area contributed by atoms with Crippen molar-refractivity contribution in [1.29, 1.82) is 0 Å². The summed E-state index contributed by atoms with van der Waals surface area (Å²) in [4.78, 5) is 15.6. The number of halogens is 1. The van der Waals surface area contributed by atoms with Crippen molar-refractivity contribution in [2.45, 2.75) is 19.6 Å². The van der Waals surface area contributed by atoms with Crippen LogP contribution >= 0.6 is 24.0 Å². The average molecular weight is 487 g/mol. The van der Waals surface area contributed by atoms with Crippen LogP contribution in [0.3, 0.4) is 0 Å². The average Bonchev–Trinajstić information content (AvgIpc) is 3.20. The van der Waals surface area contributed by atoms with E-state index in [0.29, 0.717) is 31.3 Å². The minimum Gasteiger partial charge on any atom is -0.467 e. The molecule has 2 rings (SSSR count). The van der Waals surface area contributed by atoms with E-state index in [4.69, 9.17) is 9.15 Å². The van der Waals surface area contributed by atoms with Crippen LogP contribution in [0.25, 0.3) is 0 Å². The standard InChI is InChI=1S/C19H25N3O4.HI/c1-20-19(21-10-4-11-25-14-17-5-3-12-26-17)22-13-15-6-8-16(9-7-15)18(23)24-2;/h3,5-9,12H,4,10-11,13-14H2,1-2H3,(H2,20,21,22);1H. The van der Waals surface area contributed by atoms with E-state index in [1.54, 1.807) is 25.4 Å². The van der Waals surface area contributed by atoms with Gasteiger partial charge in [0.25, 0.3) is 0 Å². The molecule has 0 unspecified atom stereocenters. The lowest BCUT2D eigenvalue weighted by molar-refractivity contribution is 0.0600. The number of carbonyl (C=O) groups excluding carboxylic acids is 1.